The van der Waals surface area contributed by atoms with Crippen LogP contribution in [0.3, 0.4) is 0 Å². The Bertz CT molecular complexity index is 643. The minimum atomic E-state index is -3.63. The van der Waals surface area contributed by atoms with Crippen molar-refractivity contribution in [3.8, 4) is 11.3 Å². The molecule has 6 heteroatoms. The standard InChI is InChI=1S/C12H14N2O2S2/c1-8(2)12-14-11(7-17-12)9-3-5-10(6-4-9)18(13,15)16/h3-8H,1-2H3,(H2,13,15,16). The number of nitrogens with zero attached hydrogens (tertiary/aromatic N) is 1. The van der Waals surface area contributed by atoms with Crippen LogP contribution in [0.15, 0.2) is 34.5 Å². The lowest BCUT2D eigenvalue weighted by molar-refractivity contribution is 0.598. The van der Waals surface area contributed by atoms with E-state index in [1.807, 2.05) is 5.38 Å². The van der Waals surface area contributed by atoms with Crippen LogP contribution >= 0.6 is 11.3 Å². The molecule has 2 rings (SSSR count). The first-order valence-electron chi connectivity index (χ1n) is 5.46. The summed E-state index contributed by atoms with van der Waals surface area (Å²) >= 11 is 1.61. The molecule has 1 aromatic heterocycles. The molecule has 0 saturated carbocycles. The largest absolute Gasteiger partial charge is 0.241 e. The number of primary sulfonamides is 1. The van der Waals surface area contributed by atoms with Crippen LogP contribution in [0.5, 0.6) is 0 Å². The first-order valence-corrected chi connectivity index (χ1v) is 7.89. The van der Waals surface area contributed by atoms with Crippen LogP contribution < -0.4 is 5.14 Å². The van der Waals surface area contributed by atoms with Crippen LogP contribution in [-0.4, -0.2) is 13.4 Å². The van der Waals surface area contributed by atoms with Gasteiger partial charge < -0.3 is 0 Å². The number of benzene rings is 1. The molecule has 0 aliphatic heterocycles. The Morgan fingerprint density at radius 1 is 1.22 bits per heavy atom. The Balaban J connectivity index is 2.34. The zero-order valence-corrected chi connectivity index (χ0v) is 11.8. The van der Waals surface area contributed by atoms with Gasteiger partial charge in [0.1, 0.15) is 0 Å². The highest BCUT2D eigenvalue weighted by molar-refractivity contribution is 7.89. The number of sulfonamides is 1. The van der Waals surface area contributed by atoms with Crippen LogP contribution in [0, 0.1) is 0 Å². The summed E-state index contributed by atoms with van der Waals surface area (Å²) in [6.45, 7) is 4.18. The molecule has 18 heavy (non-hydrogen) atoms. The fraction of sp³-hybridized carbons (Fsp3) is 0.250. The van der Waals surface area contributed by atoms with E-state index in [1.165, 1.54) is 12.1 Å². The monoisotopic (exact) mass is 282 g/mol. The fourth-order valence-electron chi connectivity index (χ4n) is 1.50. The van der Waals surface area contributed by atoms with E-state index in [1.54, 1.807) is 23.5 Å². The molecule has 0 aliphatic carbocycles. The second kappa shape index (κ2) is 4.79. The van der Waals surface area contributed by atoms with Crippen LogP contribution in [0.4, 0.5) is 0 Å². The number of hydrogen-bond acceptors (Lipinski definition) is 4. The molecule has 0 aliphatic rings. The molecular formula is C12H14N2O2S2. The normalized spacial score (nSPS) is 12.0. The van der Waals surface area contributed by atoms with Gasteiger partial charge >= 0.3 is 0 Å². The fourth-order valence-corrected chi connectivity index (χ4v) is 2.86. The van der Waals surface area contributed by atoms with Gasteiger partial charge in [0.2, 0.25) is 10.0 Å². The summed E-state index contributed by atoms with van der Waals surface area (Å²) in [4.78, 5) is 4.63. The topological polar surface area (TPSA) is 73.0 Å². The molecule has 0 atom stereocenters. The molecule has 2 N–H and O–H groups in total. The van der Waals surface area contributed by atoms with Crippen molar-refractivity contribution in [2.45, 2.75) is 24.7 Å². The van der Waals surface area contributed by atoms with Crippen LogP contribution in [0.25, 0.3) is 11.3 Å². The van der Waals surface area contributed by atoms with Crippen LogP contribution in [0.1, 0.15) is 24.8 Å². The van der Waals surface area contributed by atoms with Crippen molar-refractivity contribution in [1.82, 2.24) is 4.98 Å². The van der Waals surface area contributed by atoms with Crippen molar-refractivity contribution in [2.75, 3.05) is 0 Å². The molecule has 0 amide bonds. The molecule has 1 heterocycles. The van der Waals surface area contributed by atoms with Gasteiger partial charge in [-0.15, -0.1) is 11.3 Å². The number of aromatic nitrogens is 1. The van der Waals surface area contributed by atoms with E-state index >= 15 is 0 Å². The molecule has 0 radical (unpaired) electrons. The summed E-state index contributed by atoms with van der Waals surface area (Å²) in [5.74, 6) is 0.396. The summed E-state index contributed by atoms with van der Waals surface area (Å²) in [7, 11) is -3.63. The number of hydrogen-bond donors (Lipinski definition) is 1. The van der Waals surface area contributed by atoms with Crippen LogP contribution in [0.2, 0.25) is 0 Å². The highest BCUT2D eigenvalue weighted by Gasteiger charge is 2.10. The van der Waals surface area contributed by atoms with E-state index < -0.39 is 10.0 Å². The summed E-state index contributed by atoms with van der Waals surface area (Å²) in [6.07, 6.45) is 0. The first kappa shape index (κ1) is 13.2. The zero-order valence-electron chi connectivity index (χ0n) is 10.1. The van der Waals surface area contributed by atoms with E-state index in [0.717, 1.165) is 16.3 Å². The maximum absolute atomic E-state index is 11.1. The van der Waals surface area contributed by atoms with Gasteiger partial charge in [-0.25, -0.2) is 18.5 Å². The molecule has 0 spiro atoms. The summed E-state index contributed by atoms with van der Waals surface area (Å²) in [6, 6.07) is 6.44. The smallest absolute Gasteiger partial charge is 0.238 e. The first-order chi connectivity index (χ1) is 8.38. The Labute approximate surface area is 111 Å². The maximum Gasteiger partial charge on any atom is 0.238 e. The third kappa shape index (κ3) is 2.77. The third-order valence-electron chi connectivity index (χ3n) is 2.49. The van der Waals surface area contributed by atoms with Gasteiger partial charge in [-0.05, 0) is 12.1 Å². The van der Waals surface area contributed by atoms with Gasteiger partial charge in [-0.3, -0.25) is 0 Å². The van der Waals surface area contributed by atoms with Gasteiger partial charge in [0.25, 0.3) is 0 Å². The Morgan fingerprint density at radius 3 is 2.28 bits per heavy atom. The molecule has 0 fully saturated rings. The van der Waals surface area contributed by atoms with Crippen molar-refractivity contribution in [3.05, 3.63) is 34.7 Å². The van der Waals surface area contributed by atoms with Gasteiger partial charge in [0.15, 0.2) is 0 Å². The molecular weight excluding hydrogens is 268 g/mol. The number of thiazole rings is 1. The maximum atomic E-state index is 11.1. The molecule has 0 bridgehead atoms. The van der Waals surface area contributed by atoms with Gasteiger partial charge in [-0.1, -0.05) is 26.0 Å². The van der Waals surface area contributed by atoms with E-state index in [-0.39, 0.29) is 4.90 Å². The van der Waals surface area contributed by atoms with E-state index in [9.17, 15) is 8.42 Å². The lowest BCUT2D eigenvalue weighted by atomic mass is 10.2. The second-order valence-electron chi connectivity index (χ2n) is 4.30. The molecule has 2 aromatic rings. The average molecular weight is 282 g/mol. The number of rotatable bonds is 3. The van der Waals surface area contributed by atoms with E-state index in [4.69, 9.17) is 5.14 Å². The van der Waals surface area contributed by atoms with E-state index in [2.05, 4.69) is 18.8 Å². The Kier molecular flexibility index (Phi) is 3.52. The van der Waals surface area contributed by atoms with Crippen molar-refractivity contribution in [2.24, 2.45) is 5.14 Å². The zero-order chi connectivity index (χ0) is 13.3. The predicted molar refractivity (Wildman–Crippen MR) is 73.0 cm³/mol. The van der Waals surface area contributed by atoms with Crippen molar-refractivity contribution >= 4 is 21.4 Å². The van der Waals surface area contributed by atoms with Gasteiger partial charge in [0, 0.05) is 16.9 Å². The van der Waals surface area contributed by atoms with Crippen molar-refractivity contribution in [3.63, 3.8) is 0 Å². The average Bonchev–Trinajstić information content (AvgIpc) is 2.77. The summed E-state index contributed by atoms with van der Waals surface area (Å²) in [5.41, 5.74) is 1.76. The highest BCUT2D eigenvalue weighted by atomic mass is 32.2. The molecule has 96 valence electrons. The second-order valence-corrected chi connectivity index (χ2v) is 6.75. The van der Waals surface area contributed by atoms with Crippen molar-refractivity contribution in [1.29, 1.82) is 0 Å². The lowest BCUT2D eigenvalue weighted by Gasteiger charge is -2.00. The molecule has 0 unspecified atom stereocenters. The van der Waals surface area contributed by atoms with E-state index in [0.29, 0.717) is 5.92 Å². The Hall–Kier alpha value is -1.24. The van der Waals surface area contributed by atoms with Gasteiger partial charge in [-0.2, -0.15) is 0 Å². The minimum Gasteiger partial charge on any atom is -0.241 e. The SMILES string of the molecule is CC(C)c1nc(-c2ccc(S(N)(=O)=O)cc2)cs1. The Morgan fingerprint density at radius 2 is 1.83 bits per heavy atom. The van der Waals surface area contributed by atoms with Crippen LogP contribution in [-0.2, 0) is 10.0 Å². The molecule has 1 aromatic carbocycles. The summed E-state index contributed by atoms with van der Waals surface area (Å²) < 4.78 is 22.3. The van der Waals surface area contributed by atoms with Gasteiger partial charge in [0.05, 0.1) is 15.6 Å². The minimum absolute atomic E-state index is 0.116. The molecule has 0 saturated heterocycles. The highest BCUT2D eigenvalue weighted by Crippen LogP contribution is 2.26. The van der Waals surface area contributed by atoms with Crippen molar-refractivity contribution < 1.29 is 8.42 Å². The third-order valence-corrected chi connectivity index (χ3v) is 4.57. The summed E-state index contributed by atoms with van der Waals surface area (Å²) in [5, 5.41) is 8.09. The lowest BCUT2D eigenvalue weighted by Crippen LogP contribution is -2.11. The molecule has 4 nitrogen and oxygen atoms in total. The number of nitrogens with two attached hydrogens (primary N) is 1. The quantitative estimate of drug-likeness (QED) is 0.940. The predicted octanol–water partition coefficient (Wildman–Crippen LogP) is 2.58.